The summed E-state index contributed by atoms with van der Waals surface area (Å²) in [5.74, 6) is -0.0793. The molecule has 2 heterocycles. The molecule has 0 aliphatic carbocycles. The highest BCUT2D eigenvalue weighted by Crippen LogP contribution is 2.19. The smallest absolute Gasteiger partial charge is 0.239 e. The van der Waals surface area contributed by atoms with Crippen LogP contribution in [0.3, 0.4) is 0 Å². The SMILES string of the molecule is O=C1CN(C(=O)CCCC(=O)N2CCN(c3ccc(Cl)cc3)CC2)CCN1. The van der Waals surface area contributed by atoms with Crippen molar-refractivity contribution in [3.63, 3.8) is 0 Å². The third kappa shape index (κ3) is 5.35. The molecule has 0 atom stereocenters. The summed E-state index contributed by atoms with van der Waals surface area (Å²) in [5, 5.41) is 3.41. The van der Waals surface area contributed by atoms with Crippen LogP contribution in [0.15, 0.2) is 24.3 Å². The molecule has 8 heteroatoms. The molecule has 1 aromatic rings. The number of nitrogens with one attached hydrogen (secondary N) is 1. The lowest BCUT2D eigenvalue weighted by atomic mass is 10.1. The molecular formula is C19H25ClN4O3. The van der Waals surface area contributed by atoms with E-state index in [9.17, 15) is 14.4 Å². The number of halogens is 1. The molecule has 0 aromatic heterocycles. The summed E-state index contributed by atoms with van der Waals surface area (Å²) in [6.07, 6.45) is 1.20. The first-order valence-corrected chi connectivity index (χ1v) is 9.73. The van der Waals surface area contributed by atoms with Gasteiger partial charge in [0.2, 0.25) is 17.7 Å². The molecule has 2 aliphatic heterocycles. The van der Waals surface area contributed by atoms with Crippen LogP contribution in [-0.4, -0.2) is 73.3 Å². The van der Waals surface area contributed by atoms with E-state index in [1.165, 1.54) is 0 Å². The van der Waals surface area contributed by atoms with Gasteiger partial charge in [-0.1, -0.05) is 11.6 Å². The Labute approximate surface area is 164 Å². The predicted molar refractivity (Wildman–Crippen MR) is 104 cm³/mol. The van der Waals surface area contributed by atoms with E-state index in [1.54, 1.807) is 4.90 Å². The van der Waals surface area contributed by atoms with Gasteiger partial charge in [0.15, 0.2) is 0 Å². The van der Waals surface area contributed by atoms with Crippen molar-refractivity contribution in [3.8, 4) is 0 Å². The maximum atomic E-state index is 12.4. The van der Waals surface area contributed by atoms with Crippen LogP contribution in [-0.2, 0) is 14.4 Å². The fraction of sp³-hybridized carbons (Fsp3) is 0.526. The molecule has 3 rings (SSSR count). The number of nitrogens with zero attached hydrogens (tertiary/aromatic N) is 3. The van der Waals surface area contributed by atoms with Gasteiger partial charge in [0, 0.05) is 62.8 Å². The lowest BCUT2D eigenvalue weighted by Crippen LogP contribution is -2.50. The highest BCUT2D eigenvalue weighted by Gasteiger charge is 2.23. The second-order valence-corrected chi connectivity index (χ2v) is 7.30. The molecule has 1 N–H and O–H groups in total. The number of carbonyl (C=O) groups is 3. The van der Waals surface area contributed by atoms with Crippen molar-refractivity contribution in [3.05, 3.63) is 29.3 Å². The van der Waals surface area contributed by atoms with E-state index in [4.69, 9.17) is 11.6 Å². The minimum Gasteiger partial charge on any atom is -0.368 e. The Kier molecular flexibility index (Phi) is 6.55. The van der Waals surface area contributed by atoms with E-state index in [0.29, 0.717) is 50.5 Å². The van der Waals surface area contributed by atoms with Gasteiger partial charge in [-0.3, -0.25) is 14.4 Å². The molecule has 0 spiro atoms. The van der Waals surface area contributed by atoms with Gasteiger partial charge in [-0.2, -0.15) is 0 Å². The van der Waals surface area contributed by atoms with Gasteiger partial charge >= 0.3 is 0 Å². The van der Waals surface area contributed by atoms with Crippen LogP contribution in [0.2, 0.25) is 5.02 Å². The number of hydrogen-bond donors (Lipinski definition) is 1. The highest BCUT2D eigenvalue weighted by atomic mass is 35.5. The monoisotopic (exact) mass is 392 g/mol. The van der Waals surface area contributed by atoms with Crippen molar-refractivity contribution in [2.45, 2.75) is 19.3 Å². The number of benzene rings is 1. The standard InChI is InChI=1S/C19H25ClN4O3/c20-15-4-6-16(7-5-15)22-10-12-23(13-11-22)18(26)2-1-3-19(27)24-9-8-21-17(25)14-24/h4-7H,1-3,8-14H2,(H,21,25). The van der Waals surface area contributed by atoms with E-state index in [0.717, 1.165) is 18.8 Å². The number of hydrogen-bond acceptors (Lipinski definition) is 4. The Morgan fingerprint density at radius 3 is 2.19 bits per heavy atom. The summed E-state index contributed by atoms with van der Waals surface area (Å²) in [6.45, 7) is 4.11. The van der Waals surface area contributed by atoms with Gasteiger partial charge in [-0.25, -0.2) is 0 Å². The third-order valence-electron chi connectivity index (χ3n) is 5.00. The molecule has 0 radical (unpaired) electrons. The van der Waals surface area contributed by atoms with Crippen LogP contribution in [0.5, 0.6) is 0 Å². The molecular weight excluding hydrogens is 368 g/mol. The van der Waals surface area contributed by atoms with E-state index >= 15 is 0 Å². The van der Waals surface area contributed by atoms with Crippen LogP contribution in [0.1, 0.15) is 19.3 Å². The molecule has 146 valence electrons. The minimum atomic E-state index is -0.121. The van der Waals surface area contributed by atoms with Crippen molar-refractivity contribution in [2.75, 3.05) is 50.7 Å². The first-order chi connectivity index (χ1) is 13.0. The van der Waals surface area contributed by atoms with Gasteiger partial charge in [0.25, 0.3) is 0 Å². The quantitative estimate of drug-likeness (QED) is 0.815. The first kappa shape index (κ1) is 19.5. The van der Waals surface area contributed by atoms with Crippen LogP contribution >= 0.6 is 11.6 Å². The minimum absolute atomic E-state index is 0.0507. The maximum absolute atomic E-state index is 12.4. The van der Waals surface area contributed by atoms with Gasteiger partial charge < -0.3 is 20.0 Å². The number of anilines is 1. The summed E-state index contributed by atoms with van der Waals surface area (Å²) >= 11 is 5.92. The Hall–Kier alpha value is -2.28. The van der Waals surface area contributed by atoms with E-state index in [-0.39, 0.29) is 24.3 Å². The summed E-state index contributed by atoms with van der Waals surface area (Å²) < 4.78 is 0. The summed E-state index contributed by atoms with van der Waals surface area (Å²) in [6, 6.07) is 7.73. The molecule has 0 bridgehead atoms. The van der Waals surface area contributed by atoms with Crippen molar-refractivity contribution >= 4 is 35.0 Å². The molecule has 27 heavy (non-hydrogen) atoms. The second-order valence-electron chi connectivity index (χ2n) is 6.86. The molecule has 7 nitrogen and oxygen atoms in total. The van der Waals surface area contributed by atoms with E-state index in [2.05, 4.69) is 10.2 Å². The largest absolute Gasteiger partial charge is 0.368 e. The number of amides is 3. The maximum Gasteiger partial charge on any atom is 0.239 e. The zero-order valence-corrected chi connectivity index (χ0v) is 16.1. The number of piperazine rings is 2. The summed E-state index contributed by atoms with van der Waals surface area (Å²) in [7, 11) is 0. The van der Waals surface area contributed by atoms with Crippen LogP contribution in [0, 0.1) is 0 Å². The topological polar surface area (TPSA) is 73.0 Å². The third-order valence-corrected chi connectivity index (χ3v) is 5.25. The first-order valence-electron chi connectivity index (χ1n) is 9.36. The molecule has 2 saturated heterocycles. The van der Waals surface area contributed by atoms with Crippen LogP contribution < -0.4 is 10.2 Å². The van der Waals surface area contributed by atoms with Gasteiger partial charge in [-0.15, -0.1) is 0 Å². The van der Waals surface area contributed by atoms with Gasteiger partial charge in [-0.05, 0) is 30.7 Å². The molecule has 2 fully saturated rings. The number of carbonyl (C=O) groups excluding carboxylic acids is 3. The Bertz CT molecular complexity index is 687. The second kappa shape index (κ2) is 9.08. The van der Waals surface area contributed by atoms with Gasteiger partial charge in [0.05, 0.1) is 6.54 Å². The number of rotatable bonds is 5. The Morgan fingerprint density at radius 2 is 1.56 bits per heavy atom. The Balaban J connectivity index is 1.37. The predicted octanol–water partition coefficient (Wildman–Crippen LogP) is 1.12. The summed E-state index contributed by atoms with van der Waals surface area (Å²) in [5.41, 5.74) is 1.11. The zero-order valence-electron chi connectivity index (χ0n) is 15.3. The lowest BCUT2D eigenvalue weighted by molar-refractivity contribution is -0.138. The fourth-order valence-corrected chi connectivity index (χ4v) is 3.55. The van der Waals surface area contributed by atoms with Crippen molar-refractivity contribution in [2.24, 2.45) is 0 Å². The average molecular weight is 393 g/mol. The molecule has 3 amide bonds. The lowest BCUT2D eigenvalue weighted by Gasteiger charge is -2.36. The normalized spacial score (nSPS) is 17.7. The van der Waals surface area contributed by atoms with E-state index < -0.39 is 0 Å². The zero-order chi connectivity index (χ0) is 19.2. The van der Waals surface area contributed by atoms with Crippen molar-refractivity contribution < 1.29 is 14.4 Å². The highest BCUT2D eigenvalue weighted by molar-refractivity contribution is 6.30. The molecule has 1 aromatic carbocycles. The van der Waals surface area contributed by atoms with Crippen LogP contribution in [0.25, 0.3) is 0 Å². The van der Waals surface area contributed by atoms with Crippen molar-refractivity contribution in [1.29, 1.82) is 0 Å². The fourth-order valence-electron chi connectivity index (χ4n) is 3.42. The van der Waals surface area contributed by atoms with Gasteiger partial charge in [0.1, 0.15) is 0 Å². The molecule has 0 unspecified atom stereocenters. The average Bonchev–Trinajstić information content (AvgIpc) is 2.68. The summed E-state index contributed by atoms with van der Waals surface area (Å²) in [4.78, 5) is 41.5. The van der Waals surface area contributed by atoms with E-state index in [1.807, 2.05) is 29.2 Å². The Morgan fingerprint density at radius 1 is 0.926 bits per heavy atom. The van der Waals surface area contributed by atoms with Crippen LogP contribution in [0.4, 0.5) is 5.69 Å². The molecule has 2 aliphatic rings. The molecule has 0 saturated carbocycles. The van der Waals surface area contributed by atoms with Crippen molar-refractivity contribution in [1.82, 2.24) is 15.1 Å².